The first-order valence-electron chi connectivity index (χ1n) is 7.51. The first-order chi connectivity index (χ1) is 11.2. The van der Waals surface area contributed by atoms with Gasteiger partial charge < -0.3 is 20.1 Å². The van der Waals surface area contributed by atoms with E-state index in [-0.39, 0.29) is 12.5 Å². The summed E-state index contributed by atoms with van der Waals surface area (Å²) in [6.45, 7) is 2.20. The van der Waals surface area contributed by atoms with Gasteiger partial charge in [-0.05, 0) is 30.2 Å². The minimum absolute atomic E-state index is 0.115. The zero-order chi connectivity index (χ0) is 16.7. The van der Waals surface area contributed by atoms with Gasteiger partial charge in [-0.3, -0.25) is 4.79 Å². The van der Waals surface area contributed by atoms with Gasteiger partial charge in [-0.2, -0.15) is 0 Å². The second kappa shape index (κ2) is 8.08. The second-order valence-corrected chi connectivity index (χ2v) is 4.98. The van der Waals surface area contributed by atoms with Crippen LogP contribution < -0.4 is 20.1 Å². The van der Waals surface area contributed by atoms with Crippen LogP contribution in [0.4, 0.5) is 11.4 Å². The number of hydrogen-bond donors (Lipinski definition) is 2. The molecule has 0 heterocycles. The average molecular weight is 314 g/mol. The summed E-state index contributed by atoms with van der Waals surface area (Å²) in [6, 6.07) is 13.2. The second-order valence-electron chi connectivity index (χ2n) is 4.98. The van der Waals surface area contributed by atoms with Crippen molar-refractivity contribution in [2.75, 3.05) is 31.4 Å². The summed E-state index contributed by atoms with van der Waals surface area (Å²) in [5.41, 5.74) is 2.67. The van der Waals surface area contributed by atoms with Crippen LogP contribution in [-0.4, -0.2) is 26.7 Å². The Kier molecular flexibility index (Phi) is 5.86. The minimum atomic E-state index is -0.115. The van der Waals surface area contributed by atoms with Gasteiger partial charge in [-0.15, -0.1) is 0 Å². The summed E-state index contributed by atoms with van der Waals surface area (Å²) < 4.78 is 10.5. The van der Waals surface area contributed by atoms with Crippen LogP contribution in [0.2, 0.25) is 0 Å². The molecule has 2 aromatic rings. The molecule has 23 heavy (non-hydrogen) atoms. The number of amides is 1. The number of ether oxygens (including phenoxy) is 2. The summed E-state index contributed by atoms with van der Waals surface area (Å²) in [5, 5.41) is 6.00. The van der Waals surface area contributed by atoms with Gasteiger partial charge in [-0.1, -0.05) is 25.1 Å². The summed E-state index contributed by atoms with van der Waals surface area (Å²) in [5.74, 6) is 1.24. The minimum Gasteiger partial charge on any atom is -0.497 e. The van der Waals surface area contributed by atoms with Crippen LogP contribution >= 0.6 is 0 Å². The molecule has 2 rings (SSSR count). The van der Waals surface area contributed by atoms with Crippen molar-refractivity contribution >= 4 is 17.3 Å². The molecule has 2 aromatic carbocycles. The molecule has 0 saturated carbocycles. The fourth-order valence-corrected chi connectivity index (χ4v) is 2.27. The normalized spacial score (nSPS) is 10.0. The zero-order valence-corrected chi connectivity index (χ0v) is 13.7. The van der Waals surface area contributed by atoms with E-state index in [9.17, 15) is 4.79 Å². The molecule has 0 bridgehead atoms. The Morgan fingerprint density at radius 3 is 2.52 bits per heavy atom. The van der Waals surface area contributed by atoms with Gasteiger partial charge in [0.15, 0.2) is 0 Å². The van der Waals surface area contributed by atoms with E-state index in [4.69, 9.17) is 9.47 Å². The predicted molar refractivity (Wildman–Crippen MR) is 92.5 cm³/mol. The molecule has 0 radical (unpaired) electrons. The lowest BCUT2D eigenvalue weighted by Gasteiger charge is -2.13. The smallest absolute Gasteiger partial charge is 0.243 e. The summed E-state index contributed by atoms with van der Waals surface area (Å²) in [6.07, 6.45) is 0.869. The monoisotopic (exact) mass is 314 g/mol. The highest BCUT2D eigenvalue weighted by Crippen LogP contribution is 2.28. The van der Waals surface area contributed by atoms with Crippen molar-refractivity contribution in [2.45, 2.75) is 13.3 Å². The molecule has 0 aromatic heterocycles. The Morgan fingerprint density at radius 2 is 1.83 bits per heavy atom. The molecule has 5 nitrogen and oxygen atoms in total. The number of carbonyl (C=O) groups excluding carboxylic acids is 1. The van der Waals surface area contributed by atoms with Crippen LogP contribution in [0, 0.1) is 0 Å². The Morgan fingerprint density at radius 1 is 1.04 bits per heavy atom. The van der Waals surface area contributed by atoms with Gasteiger partial charge in [0.25, 0.3) is 0 Å². The van der Waals surface area contributed by atoms with E-state index >= 15 is 0 Å². The van der Waals surface area contributed by atoms with Crippen LogP contribution in [0.1, 0.15) is 12.5 Å². The van der Waals surface area contributed by atoms with Gasteiger partial charge in [0.2, 0.25) is 5.91 Å². The number of hydrogen-bond acceptors (Lipinski definition) is 4. The summed E-state index contributed by atoms with van der Waals surface area (Å²) in [4.78, 5) is 12.2. The molecule has 0 aliphatic heterocycles. The Balaban J connectivity index is 2.02. The molecule has 0 saturated heterocycles. The van der Waals surface area contributed by atoms with E-state index < -0.39 is 0 Å². The number of benzene rings is 2. The fraction of sp³-hybridized carbons (Fsp3) is 0.278. The third kappa shape index (κ3) is 4.39. The maximum atomic E-state index is 12.2. The molecule has 1 amide bonds. The van der Waals surface area contributed by atoms with Crippen molar-refractivity contribution in [3.05, 3.63) is 48.0 Å². The number of rotatable bonds is 7. The van der Waals surface area contributed by atoms with E-state index in [0.717, 1.165) is 17.7 Å². The maximum Gasteiger partial charge on any atom is 0.243 e. The summed E-state index contributed by atoms with van der Waals surface area (Å²) >= 11 is 0. The molecule has 5 heteroatoms. The van der Waals surface area contributed by atoms with E-state index in [1.54, 1.807) is 26.4 Å². The number of nitrogens with one attached hydrogen (secondary N) is 2. The highest BCUT2D eigenvalue weighted by atomic mass is 16.5. The van der Waals surface area contributed by atoms with Crippen LogP contribution in [0.5, 0.6) is 11.5 Å². The first-order valence-corrected chi connectivity index (χ1v) is 7.51. The zero-order valence-electron chi connectivity index (χ0n) is 13.7. The van der Waals surface area contributed by atoms with E-state index in [1.807, 2.05) is 30.3 Å². The Bertz CT molecular complexity index is 671. The SMILES string of the molecule is CCc1ccccc1NC(=O)CNc1cc(OC)ccc1OC. The molecule has 0 unspecified atom stereocenters. The van der Waals surface area contributed by atoms with Crippen molar-refractivity contribution in [3.63, 3.8) is 0 Å². The standard InChI is InChI=1S/C18H22N2O3/c1-4-13-7-5-6-8-15(13)20-18(21)12-19-16-11-14(22-2)9-10-17(16)23-3/h5-11,19H,4,12H2,1-3H3,(H,20,21). The van der Waals surface area contributed by atoms with Gasteiger partial charge in [0.05, 0.1) is 26.5 Å². The molecule has 0 spiro atoms. The lowest BCUT2D eigenvalue weighted by atomic mass is 10.1. The third-order valence-corrected chi connectivity index (χ3v) is 3.52. The molecular formula is C18H22N2O3. The number of para-hydroxylation sites is 1. The molecule has 0 aliphatic carbocycles. The number of methoxy groups -OCH3 is 2. The predicted octanol–water partition coefficient (Wildman–Crippen LogP) is 3.32. The van der Waals surface area contributed by atoms with Crippen LogP contribution in [0.25, 0.3) is 0 Å². The van der Waals surface area contributed by atoms with Crippen molar-refractivity contribution in [1.29, 1.82) is 0 Å². The lowest BCUT2D eigenvalue weighted by Crippen LogP contribution is -2.22. The van der Waals surface area contributed by atoms with E-state index in [2.05, 4.69) is 17.6 Å². The lowest BCUT2D eigenvalue weighted by molar-refractivity contribution is -0.114. The molecular weight excluding hydrogens is 292 g/mol. The molecule has 2 N–H and O–H groups in total. The van der Waals surface area contributed by atoms with E-state index in [0.29, 0.717) is 17.2 Å². The topological polar surface area (TPSA) is 59.6 Å². The molecule has 122 valence electrons. The number of carbonyl (C=O) groups is 1. The molecule has 0 atom stereocenters. The molecule has 0 fully saturated rings. The Labute approximate surface area is 136 Å². The van der Waals surface area contributed by atoms with Crippen LogP contribution in [0.15, 0.2) is 42.5 Å². The quantitative estimate of drug-likeness (QED) is 0.823. The molecule has 0 aliphatic rings. The van der Waals surface area contributed by atoms with Crippen LogP contribution in [0.3, 0.4) is 0 Å². The summed E-state index contributed by atoms with van der Waals surface area (Å²) in [7, 11) is 3.19. The number of aryl methyl sites for hydroxylation is 1. The highest BCUT2D eigenvalue weighted by Gasteiger charge is 2.09. The van der Waals surface area contributed by atoms with E-state index in [1.165, 1.54) is 0 Å². The highest BCUT2D eigenvalue weighted by molar-refractivity contribution is 5.94. The van der Waals surface area contributed by atoms with Crippen molar-refractivity contribution in [2.24, 2.45) is 0 Å². The van der Waals surface area contributed by atoms with Crippen molar-refractivity contribution in [1.82, 2.24) is 0 Å². The van der Waals surface area contributed by atoms with Gasteiger partial charge >= 0.3 is 0 Å². The third-order valence-electron chi connectivity index (χ3n) is 3.52. The van der Waals surface area contributed by atoms with Crippen LogP contribution in [-0.2, 0) is 11.2 Å². The van der Waals surface area contributed by atoms with Gasteiger partial charge in [-0.25, -0.2) is 0 Å². The average Bonchev–Trinajstić information content (AvgIpc) is 2.60. The fourth-order valence-electron chi connectivity index (χ4n) is 2.27. The largest absolute Gasteiger partial charge is 0.497 e. The first kappa shape index (κ1) is 16.7. The van der Waals surface area contributed by atoms with Crippen molar-refractivity contribution < 1.29 is 14.3 Å². The Hall–Kier alpha value is -2.69. The van der Waals surface area contributed by atoms with Gasteiger partial charge in [0, 0.05) is 11.8 Å². The van der Waals surface area contributed by atoms with Crippen molar-refractivity contribution in [3.8, 4) is 11.5 Å². The van der Waals surface area contributed by atoms with Gasteiger partial charge in [0.1, 0.15) is 11.5 Å². The number of anilines is 2. The maximum absolute atomic E-state index is 12.2.